The Bertz CT molecular complexity index is 1280. The highest BCUT2D eigenvalue weighted by Crippen LogP contribution is 2.75. The van der Waals surface area contributed by atoms with Crippen molar-refractivity contribution in [3.05, 3.63) is 23.3 Å². The quantitative estimate of drug-likeness (QED) is 0.462. The summed E-state index contributed by atoms with van der Waals surface area (Å²) in [5.41, 5.74) is -3.98. The van der Waals surface area contributed by atoms with Crippen LogP contribution < -0.4 is 5.32 Å². The van der Waals surface area contributed by atoms with Crippen molar-refractivity contribution in [1.82, 2.24) is 5.32 Å². The lowest BCUT2D eigenvalue weighted by molar-refractivity contribution is -0.240. The molecule has 3 saturated carbocycles. The number of hydrogen-bond acceptors (Lipinski definition) is 6. The number of rotatable bonds is 1. The molecule has 1 amide bonds. The van der Waals surface area contributed by atoms with E-state index in [-0.39, 0.29) is 34.4 Å². The normalized spacial score (nSPS) is 48.2. The third kappa shape index (κ3) is 3.27. The molecule has 0 spiro atoms. The first-order valence-electron chi connectivity index (χ1n) is 14.4. The fraction of sp³-hybridized carbons (Fsp3) is 0.750. The number of ether oxygens (including phenoxy) is 1. The molecule has 0 radical (unpaired) electrons. The van der Waals surface area contributed by atoms with Crippen LogP contribution in [0.15, 0.2) is 23.3 Å². The molecule has 3 fully saturated rings. The van der Waals surface area contributed by atoms with E-state index in [4.69, 9.17) is 4.74 Å². The van der Waals surface area contributed by atoms with Gasteiger partial charge in [-0.05, 0) is 80.3 Å². The van der Waals surface area contributed by atoms with Gasteiger partial charge in [-0.3, -0.25) is 9.59 Å². The molecule has 0 aliphatic heterocycles. The van der Waals surface area contributed by atoms with Gasteiger partial charge >= 0.3 is 6.09 Å². The van der Waals surface area contributed by atoms with E-state index in [0.717, 1.165) is 37.7 Å². The monoisotopic (exact) mass is 536 g/mol. The summed E-state index contributed by atoms with van der Waals surface area (Å²) >= 11 is 0. The van der Waals surface area contributed by atoms with Gasteiger partial charge in [-0.25, -0.2) is 4.79 Å². The Labute approximate surface area is 232 Å². The summed E-state index contributed by atoms with van der Waals surface area (Å²) in [5, 5.41) is 25.7. The topological polar surface area (TPSA) is 116 Å². The van der Waals surface area contributed by atoms with Gasteiger partial charge in [0.25, 0.3) is 0 Å². The van der Waals surface area contributed by atoms with Crippen LogP contribution in [0.2, 0.25) is 0 Å². The van der Waals surface area contributed by atoms with Crippen LogP contribution in [-0.2, 0) is 14.3 Å². The van der Waals surface area contributed by atoms with Crippen LogP contribution in [0.3, 0.4) is 0 Å². The number of allylic oxidation sites excluding steroid dienone is 3. The van der Waals surface area contributed by atoms with Crippen molar-refractivity contribution in [2.24, 2.45) is 38.9 Å². The minimum atomic E-state index is -1.61. The van der Waals surface area contributed by atoms with E-state index in [9.17, 15) is 24.8 Å². The van der Waals surface area contributed by atoms with Crippen molar-refractivity contribution < 1.29 is 24.2 Å². The predicted octanol–water partition coefficient (Wildman–Crippen LogP) is 5.43. The minimum absolute atomic E-state index is 0.0485. The Balaban J connectivity index is 1.68. The molecule has 0 unspecified atom stereocenters. The largest absolute Gasteiger partial charge is 0.453 e. The van der Waals surface area contributed by atoms with Crippen LogP contribution in [0.5, 0.6) is 0 Å². The lowest BCUT2D eigenvalue weighted by atomic mass is 9.33. The highest BCUT2D eigenvalue weighted by atomic mass is 16.5. The van der Waals surface area contributed by atoms with E-state index in [0.29, 0.717) is 12.8 Å². The van der Waals surface area contributed by atoms with Crippen LogP contribution in [0.1, 0.15) is 93.4 Å². The summed E-state index contributed by atoms with van der Waals surface area (Å²) in [6.45, 7) is 14.4. The number of Topliss-reactive ketones (excluding diaryl/α,β-unsaturated/α-hetero) is 1. The Morgan fingerprint density at radius 2 is 1.67 bits per heavy atom. The summed E-state index contributed by atoms with van der Waals surface area (Å²) in [6, 6.07) is 2.14. The Kier molecular flexibility index (Phi) is 5.80. The van der Waals surface area contributed by atoms with E-state index in [2.05, 4.69) is 39.1 Å². The molecule has 7 nitrogen and oxygen atoms in total. The second-order valence-electron chi connectivity index (χ2n) is 15.0. The average molecular weight is 537 g/mol. The molecule has 0 aromatic carbocycles. The van der Waals surface area contributed by atoms with E-state index in [1.807, 2.05) is 26.8 Å². The number of carbonyl (C=O) groups excluding carboxylic acids is 3. The first-order valence-corrected chi connectivity index (χ1v) is 14.4. The molecule has 0 aromatic rings. The molecule has 0 aromatic heterocycles. The van der Waals surface area contributed by atoms with Crippen LogP contribution in [0, 0.1) is 50.2 Å². The van der Waals surface area contributed by atoms with Gasteiger partial charge in [0, 0.05) is 27.7 Å². The third-order valence-electron chi connectivity index (χ3n) is 12.8. The van der Waals surface area contributed by atoms with Gasteiger partial charge in [-0.15, -0.1) is 0 Å². The van der Waals surface area contributed by atoms with Crippen molar-refractivity contribution in [2.45, 2.75) is 105 Å². The standard InChI is InChI=1S/C32H44N2O5/c1-26(2)20-9-10-30(6)21(29(20,5)16-19(18-33)24(26)36)15-23(35)32(38)22-17-28(4,34-25(37)39-8)13-11-27(22,3)12-14-31(30,32)7/h15-16,20,22,38H,9-14,17H2,1-8H3,(H,34,37)/t20-,22+,27+,28-,29-,30+,31-,32+/m0/s1. The van der Waals surface area contributed by atoms with E-state index in [1.165, 1.54) is 7.11 Å². The SMILES string of the molecule is COC(=O)N[C@@]1(C)CC[C@]2(C)CC[C@@]3(C)[C@]4(C)CC[C@H]5C(C)(C)C(=O)C(C#N)=C[C@]5(C)C4=CC(=O)[C@]3(O)[C@@H]2C1. The van der Waals surface area contributed by atoms with Gasteiger partial charge in [-0.2, -0.15) is 5.26 Å². The zero-order chi connectivity index (χ0) is 29.0. The van der Waals surface area contributed by atoms with Crippen molar-refractivity contribution in [3.63, 3.8) is 0 Å². The lowest BCUT2D eigenvalue weighted by Crippen LogP contribution is -2.74. The van der Waals surface area contributed by atoms with Crippen molar-refractivity contribution in [2.75, 3.05) is 7.11 Å². The zero-order valence-electron chi connectivity index (χ0n) is 24.8. The van der Waals surface area contributed by atoms with Crippen LogP contribution in [0.4, 0.5) is 4.79 Å². The molecule has 2 N–H and O–H groups in total. The van der Waals surface area contributed by atoms with Crippen LogP contribution in [-0.4, -0.2) is 41.0 Å². The molecular weight excluding hydrogens is 492 g/mol. The number of nitrogens with zero attached hydrogens (tertiary/aromatic N) is 1. The van der Waals surface area contributed by atoms with Gasteiger partial charge in [0.05, 0.1) is 12.7 Å². The molecule has 0 bridgehead atoms. The molecule has 5 aliphatic rings. The number of nitriles is 1. The number of fused-ring (bicyclic) bond motifs is 7. The maximum absolute atomic E-state index is 14.4. The van der Waals surface area contributed by atoms with E-state index >= 15 is 0 Å². The fourth-order valence-corrected chi connectivity index (χ4v) is 10.2. The van der Waals surface area contributed by atoms with Crippen LogP contribution in [0.25, 0.3) is 0 Å². The Morgan fingerprint density at radius 3 is 2.28 bits per heavy atom. The molecule has 212 valence electrons. The summed E-state index contributed by atoms with van der Waals surface area (Å²) in [6.07, 6.45) is 8.13. The molecule has 5 rings (SSSR count). The molecule has 39 heavy (non-hydrogen) atoms. The summed E-state index contributed by atoms with van der Waals surface area (Å²) in [7, 11) is 1.35. The van der Waals surface area contributed by atoms with Crippen molar-refractivity contribution >= 4 is 17.7 Å². The highest BCUT2D eigenvalue weighted by molar-refractivity contribution is 6.05. The van der Waals surface area contributed by atoms with Crippen molar-refractivity contribution in [3.8, 4) is 6.07 Å². The summed E-state index contributed by atoms with van der Waals surface area (Å²) in [5.74, 6) is -0.803. The number of nitrogens with one attached hydrogen (secondary N) is 1. The Hall–Kier alpha value is -2.46. The minimum Gasteiger partial charge on any atom is -0.453 e. The second-order valence-corrected chi connectivity index (χ2v) is 15.0. The predicted molar refractivity (Wildman–Crippen MR) is 146 cm³/mol. The molecule has 5 aliphatic carbocycles. The number of carbonyl (C=O) groups is 3. The van der Waals surface area contributed by atoms with E-state index in [1.54, 1.807) is 6.08 Å². The first-order chi connectivity index (χ1) is 17.9. The van der Waals surface area contributed by atoms with Crippen molar-refractivity contribution in [1.29, 1.82) is 5.26 Å². The maximum atomic E-state index is 14.4. The molecule has 0 saturated heterocycles. The Morgan fingerprint density at radius 1 is 1.03 bits per heavy atom. The molecule has 8 atom stereocenters. The van der Waals surface area contributed by atoms with E-state index < -0.39 is 38.9 Å². The van der Waals surface area contributed by atoms with Gasteiger partial charge < -0.3 is 15.2 Å². The zero-order valence-corrected chi connectivity index (χ0v) is 24.8. The number of aliphatic hydroxyl groups is 1. The molecule has 0 heterocycles. The van der Waals surface area contributed by atoms with Gasteiger partial charge in [0.1, 0.15) is 11.7 Å². The lowest BCUT2D eigenvalue weighted by Gasteiger charge is -2.71. The fourth-order valence-electron chi connectivity index (χ4n) is 10.2. The molecular formula is C32H44N2O5. The second kappa shape index (κ2) is 8.06. The number of hydrogen-bond donors (Lipinski definition) is 2. The number of amides is 1. The molecule has 7 heteroatoms. The third-order valence-corrected chi connectivity index (χ3v) is 12.8. The summed E-state index contributed by atoms with van der Waals surface area (Å²) in [4.78, 5) is 39.9. The number of methoxy groups -OCH3 is 1. The number of alkyl carbamates (subject to hydrolysis) is 1. The van der Waals surface area contributed by atoms with Gasteiger partial charge in [0.2, 0.25) is 0 Å². The smallest absolute Gasteiger partial charge is 0.407 e. The maximum Gasteiger partial charge on any atom is 0.407 e. The van der Waals surface area contributed by atoms with Gasteiger partial charge in [-0.1, -0.05) is 47.6 Å². The number of ketones is 2. The van der Waals surface area contributed by atoms with Crippen LogP contribution >= 0.6 is 0 Å². The highest BCUT2D eigenvalue weighted by Gasteiger charge is 2.75. The summed E-state index contributed by atoms with van der Waals surface area (Å²) < 4.78 is 4.90. The van der Waals surface area contributed by atoms with Gasteiger partial charge in [0.15, 0.2) is 11.6 Å². The first kappa shape index (κ1) is 28.1. The average Bonchev–Trinajstić information content (AvgIpc) is 2.86.